The van der Waals surface area contributed by atoms with Gasteiger partial charge in [0.1, 0.15) is 5.69 Å². The Morgan fingerprint density at radius 1 is 1.22 bits per heavy atom. The molecule has 1 aromatic carbocycles. The molecule has 0 saturated carbocycles. The maximum absolute atomic E-state index is 5.68. The van der Waals surface area contributed by atoms with Gasteiger partial charge in [-0.15, -0.1) is 5.10 Å². The van der Waals surface area contributed by atoms with Gasteiger partial charge in [-0.2, -0.15) is 0 Å². The Hall–Kier alpha value is -1.94. The van der Waals surface area contributed by atoms with E-state index >= 15 is 0 Å². The molecule has 2 aromatic rings. The van der Waals surface area contributed by atoms with Crippen LogP contribution in [-0.4, -0.2) is 15.0 Å². The van der Waals surface area contributed by atoms with Crippen molar-refractivity contribution < 1.29 is 0 Å². The van der Waals surface area contributed by atoms with Crippen molar-refractivity contribution in [2.45, 2.75) is 26.4 Å². The lowest BCUT2D eigenvalue weighted by Crippen LogP contribution is -2.03. The summed E-state index contributed by atoms with van der Waals surface area (Å²) in [5.74, 6) is 0. The van der Waals surface area contributed by atoms with Crippen LogP contribution in [0.1, 0.15) is 30.3 Å². The van der Waals surface area contributed by atoms with Gasteiger partial charge in [0.2, 0.25) is 0 Å². The van der Waals surface area contributed by atoms with E-state index in [1.54, 1.807) is 0 Å². The monoisotopic (exact) mass is 242 g/mol. The van der Waals surface area contributed by atoms with Crippen molar-refractivity contribution in [2.24, 2.45) is 5.73 Å². The van der Waals surface area contributed by atoms with Gasteiger partial charge in [0.15, 0.2) is 0 Å². The molecule has 2 N–H and O–H groups in total. The number of hydrogen-bond acceptors (Lipinski definition) is 3. The van der Waals surface area contributed by atoms with E-state index in [0.717, 1.165) is 29.9 Å². The SMILES string of the molecule is CCCn1nnc(CN)c1/C=C/c1ccccc1. The van der Waals surface area contributed by atoms with E-state index in [1.165, 1.54) is 0 Å². The summed E-state index contributed by atoms with van der Waals surface area (Å²) in [5, 5.41) is 8.23. The normalized spacial score (nSPS) is 11.2. The number of benzene rings is 1. The van der Waals surface area contributed by atoms with Gasteiger partial charge in [-0.25, -0.2) is 4.68 Å². The molecule has 0 radical (unpaired) electrons. The molecule has 0 spiro atoms. The Balaban J connectivity index is 2.27. The van der Waals surface area contributed by atoms with Gasteiger partial charge in [0.25, 0.3) is 0 Å². The predicted molar refractivity (Wildman–Crippen MR) is 73.6 cm³/mol. The molecule has 0 fully saturated rings. The fourth-order valence-electron chi connectivity index (χ4n) is 1.80. The van der Waals surface area contributed by atoms with Gasteiger partial charge in [0.05, 0.1) is 5.69 Å². The Morgan fingerprint density at radius 3 is 2.67 bits per heavy atom. The van der Waals surface area contributed by atoms with Crippen molar-refractivity contribution in [2.75, 3.05) is 0 Å². The quantitative estimate of drug-likeness (QED) is 0.875. The van der Waals surface area contributed by atoms with Crippen LogP contribution >= 0.6 is 0 Å². The van der Waals surface area contributed by atoms with Gasteiger partial charge in [-0.1, -0.05) is 48.5 Å². The molecule has 1 aromatic heterocycles. The number of aryl methyl sites for hydroxylation is 1. The molecule has 0 aliphatic heterocycles. The second-order valence-electron chi connectivity index (χ2n) is 4.09. The fourth-order valence-corrected chi connectivity index (χ4v) is 1.80. The third-order valence-corrected chi connectivity index (χ3v) is 2.71. The molecule has 0 aliphatic rings. The highest BCUT2D eigenvalue weighted by Gasteiger charge is 2.07. The molecule has 0 amide bonds. The molecule has 0 aliphatic carbocycles. The zero-order chi connectivity index (χ0) is 12.8. The first kappa shape index (κ1) is 12.5. The van der Waals surface area contributed by atoms with Gasteiger partial charge >= 0.3 is 0 Å². The summed E-state index contributed by atoms with van der Waals surface area (Å²) in [6.45, 7) is 3.40. The summed E-state index contributed by atoms with van der Waals surface area (Å²) in [6.07, 6.45) is 5.12. The van der Waals surface area contributed by atoms with E-state index in [2.05, 4.69) is 35.4 Å². The van der Waals surface area contributed by atoms with Gasteiger partial charge in [-0.3, -0.25) is 0 Å². The Labute approximate surface area is 107 Å². The molecule has 94 valence electrons. The minimum atomic E-state index is 0.415. The highest BCUT2D eigenvalue weighted by Crippen LogP contribution is 2.11. The van der Waals surface area contributed by atoms with E-state index in [1.807, 2.05) is 29.0 Å². The van der Waals surface area contributed by atoms with Crippen molar-refractivity contribution in [3.05, 3.63) is 47.3 Å². The molecular weight excluding hydrogens is 224 g/mol. The topological polar surface area (TPSA) is 56.7 Å². The predicted octanol–water partition coefficient (Wildman–Crippen LogP) is 2.32. The largest absolute Gasteiger partial charge is 0.325 e. The van der Waals surface area contributed by atoms with Crippen molar-refractivity contribution in [3.8, 4) is 0 Å². The molecule has 0 saturated heterocycles. The van der Waals surface area contributed by atoms with Crippen LogP contribution in [0.15, 0.2) is 30.3 Å². The Kier molecular flexibility index (Phi) is 4.25. The number of rotatable bonds is 5. The lowest BCUT2D eigenvalue weighted by Gasteiger charge is -2.01. The molecular formula is C14H18N4. The van der Waals surface area contributed by atoms with Crippen LogP contribution in [0.5, 0.6) is 0 Å². The summed E-state index contributed by atoms with van der Waals surface area (Å²) < 4.78 is 1.90. The summed E-state index contributed by atoms with van der Waals surface area (Å²) in [7, 11) is 0. The van der Waals surface area contributed by atoms with Crippen molar-refractivity contribution >= 4 is 12.2 Å². The van der Waals surface area contributed by atoms with Crippen LogP contribution in [0, 0.1) is 0 Å². The molecule has 18 heavy (non-hydrogen) atoms. The lowest BCUT2D eigenvalue weighted by atomic mass is 10.2. The average molecular weight is 242 g/mol. The molecule has 4 nitrogen and oxygen atoms in total. The number of nitrogens with zero attached hydrogens (tertiary/aromatic N) is 3. The van der Waals surface area contributed by atoms with E-state index < -0.39 is 0 Å². The smallest absolute Gasteiger partial charge is 0.104 e. The molecule has 1 heterocycles. The van der Waals surface area contributed by atoms with Crippen LogP contribution in [-0.2, 0) is 13.1 Å². The van der Waals surface area contributed by atoms with Crippen molar-refractivity contribution in [3.63, 3.8) is 0 Å². The van der Waals surface area contributed by atoms with Crippen LogP contribution in [0.2, 0.25) is 0 Å². The van der Waals surface area contributed by atoms with E-state index in [4.69, 9.17) is 5.73 Å². The average Bonchev–Trinajstić information content (AvgIpc) is 2.80. The minimum Gasteiger partial charge on any atom is -0.325 e. The second-order valence-corrected chi connectivity index (χ2v) is 4.09. The molecule has 2 rings (SSSR count). The Morgan fingerprint density at radius 2 is 2.00 bits per heavy atom. The maximum atomic E-state index is 5.68. The van der Waals surface area contributed by atoms with Gasteiger partial charge < -0.3 is 5.73 Å². The fraction of sp³-hybridized carbons (Fsp3) is 0.286. The molecule has 0 bridgehead atoms. The highest BCUT2D eigenvalue weighted by atomic mass is 15.4. The first-order valence-corrected chi connectivity index (χ1v) is 6.20. The molecule has 0 unspecified atom stereocenters. The van der Waals surface area contributed by atoms with Crippen LogP contribution in [0.3, 0.4) is 0 Å². The lowest BCUT2D eigenvalue weighted by molar-refractivity contribution is 0.575. The molecule has 0 atom stereocenters. The maximum Gasteiger partial charge on any atom is 0.104 e. The summed E-state index contributed by atoms with van der Waals surface area (Å²) in [6, 6.07) is 10.2. The van der Waals surface area contributed by atoms with E-state index in [9.17, 15) is 0 Å². The van der Waals surface area contributed by atoms with Crippen LogP contribution in [0.4, 0.5) is 0 Å². The van der Waals surface area contributed by atoms with Crippen molar-refractivity contribution in [1.29, 1.82) is 0 Å². The van der Waals surface area contributed by atoms with Gasteiger partial charge in [0, 0.05) is 13.1 Å². The third-order valence-electron chi connectivity index (χ3n) is 2.71. The number of nitrogens with two attached hydrogens (primary N) is 1. The van der Waals surface area contributed by atoms with Crippen molar-refractivity contribution in [1.82, 2.24) is 15.0 Å². The minimum absolute atomic E-state index is 0.415. The number of aromatic nitrogens is 3. The summed E-state index contributed by atoms with van der Waals surface area (Å²) in [4.78, 5) is 0. The summed E-state index contributed by atoms with van der Waals surface area (Å²) >= 11 is 0. The second kappa shape index (κ2) is 6.12. The number of hydrogen-bond donors (Lipinski definition) is 1. The van der Waals surface area contributed by atoms with E-state index in [-0.39, 0.29) is 0 Å². The third kappa shape index (κ3) is 2.84. The van der Waals surface area contributed by atoms with Crippen LogP contribution in [0.25, 0.3) is 12.2 Å². The zero-order valence-corrected chi connectivity index (χ0v) is 10.6. The van der Waals surface area contributed by atoms with Crippen LogP contribution < -0.4 is 5.73 Å². The standard InChI is InChI=1S/C14H18N4/c1-2-10-18-14(13(11-15)16-17-18)9-8-12-6-4-3-5-7-12/h3-9H,2,10-11,15H2,1H3/b9-8+. The first-order chi connectivity index (χ1) is 8.85. The Bertz CT molecular complexity index is 514. The van der Waals surface area contributed by atoms with E-state index in [0.29, 0.717) is 6.54 Å². The first-order valence-electron chi connectivity index (χ1n) is 6.20. The zero-order valence-electron chi connectivity index (χ0n) is 10.6. The van der Waals surface area contributed by atoms with Gasteiger partial charge in [-0.05, 0) is 18.1 Å². The summed E-state index contributed by atoms with van der Waals surface area (Å²) in [5.41, 5.74) is 8.68. The highest BCUT2D eigenvalue weighted by molar-refractivity contribution is 5.68. The molecule has 4 heteroatoms.